The number of carbonyl (C=O) groups excluding carboxylic acids is 1. The van der Waals surface area contributed by atoms with Gasteiger partial charge in [-0.3, -0.25) is 4.79 Å². The minimum Gasteiger partial charge on any atom is -0.464 e. The summed E-state index contributed by atoms with van der Waals surface area (Å²) in [7, 11) is -8.66. The summed E-state index contributed by atoms with van der Waals surface area (Å²) in [6, 6.07) is 0. The molecule has 0 aliphatic carbocycles. The first-order valence-electron chi connectivity index (χ1n) is 6.01. The van der Waals surface area contributed by atoms with Crippen LogP contribution in [0, 0.1) is 5.92 Å². The van der Waals surface area contributed by atoms with Gasteiger partial charge in [-0.15, -0.1) is 6.58 Å². The molecular formula is C11H17F3O5S2. The molecule has 1 aliphatic heterocycles. The lowest BCUT2D eigenvalue weighted by Crippen LogP contribution is -2.44. The van der Waals surface area contributed by atoms with Crippen molar-refractivity contribution >= 4 is 26.4 Å². The highest BCUT2D eigenvalue weighted by Gasteiger charge is 2.54. The third-order valence-electron chi connectivity index (χ3n) is 2.97. The Kier molecular flexibility index (Phi) is 5.38. The van der Waals surface area contributed by atoms with Crippen LogP contribution in [0.1, 0.15) is 13.8 Å². The number of esters is 1. The molecule has 1 fully saturated rings. The van der Waals surface area contributed by atoms with Crippen LogP contribution in [0.5, 0.6) is 0 Å². The number of hydrogen-bond acceptors (Lipinski definition) is 5. The van der Waals surface area contributed by atoms with Crippen molar-refractivity contribution in [1.29, 1.82) is 0 Å². The molecule has 0 aromatic carbocycles. The van der Waals surface area contributed by atoms with E-state index in [0.29, 0.717) is 0 Å². The van der Waals surface area contributed by atoms with Gasteiger partial charge in [-0.2, -0.15) is 21.6 Å². The Hall–Kier alpha value is -0.740. The van der Waals surface area contributed by atoms with Crippen LogP contribution in [0.15, 0.2) is 12.7 Å². The summed E-state index contributed by atoms with van der Waals surface area (Å²) in [5.41, 5.74) is -5.53. The van der Waals surface area contributed by atoms with E-state index in [9.17, 15) is 26.4 Å². The van der Waals surface area contributed by atoms with Gasteiger partial charge in [-0.05, 0) is 5.92 Å². The Balaban J connectivity index is 3.27. The van der Waals surface area contributed by atoms with Crippen molar-refractivity contribution in [2.24, 2.45) is 5.92 Å². The van der Waals surface area contributed by atoms with Crippen LogP contribution in [-0.2, 0) is 23.3 Å². The molecule has 0 aromatic heterocycles. The SMILES string of the molecule is C=CCS1(OS(=O)(=O)C(F)(F)F)CC(=O)OCC1C(C)C. The van der Waals surface area contributed by atoms with Gasteiger partial charge >= 0.3 is 21.6 Å². The largest absolute Gasteiger partial charge is 0.523 e. The van der Waals surface area contributed by atoms with Crippen molar-refractivity contribution in [1.82, 2.24) is 0 Å². The molecule has 0 bridgehead atoms. The summed E-state index contributed by atoms with van der Waals surface area (Å²) < 4.78 is 69.9. The molecule has 1 saturated heterocycles. The van der Waals surface area contributed by atoms with Crippen LogP contribution in [0.2, 0.25) is 0 Å². The minimum absolute atomic E-state index is 0.125. The second-order valence-corrected chi connectivity index (χ2v) is 9.78. The first-order chi connectivity index (χ1) is 9.45. The smallest absolute Gasteiger partial charge is 0.464 e. The molecule has 0 N–H and O–H groups in total. The molecule has 0 spiro atoms. The topological polar surface area (TPSA) is 69.7 Å². The van der Waals surface area contributed by atoms with Crippen LogP contribution in [0.3, 0.4) is 0 Å². The Labute approximate surface area is 123 Å². The predicted octanol–water partition coefficient (Wildman–Crippen LogP) is 2.34. The number of cyclic esters (lactones) is 1. The average molecular weight is 350 g/mol. The zero-order valence-electron chi connectivity index (χ0n) is 11.6. The minimum atomic E-state index is -5.79. The van der Waals surface area contributed by atoms with Crippen LogP contribution in [0.4, 0.5) is 13.2 Å². The Morgan fingerprint density at radius 1 is 1.52 bits per heavy atom. The van der Waals surface area contributed by atoms with Gasteiger partial charge in [0.25, 0.3) is 0 Å². The summed E-state index contributed by atoms with van der Waals surface area (Å²) >= 11 is 0. The summed E-state index contributed by atoms with van der Waals surface area (Å²) in [5.74, 6) is -1.59. The fourth-order valence-corrected chi connectivity index (χ4v) is 7.36. The molecule has 10 heteroatoms. The van der Waals surface area contributed by atoms with Crippen LogP contribution in [-0.4, -0.2) is 43.3 Å². The third kappa shape index (κ3) is 3.92. The first-order valence-corrected chi connectivity index (χ1v) is 9.38. The van der Waals surface area contributed by atoms with E-state index in [1.54, 1.807) is 13.8 Å². The van der Waals surface area contributed by atoms with Gasteiger partial charge in [0.05, 0.1) is 5.75 Å². The summed E-state index contributed by atoms with van der Waals surface area (Å²) in [5, 5.41) is -0.606. The van der Waals surface area contributed by atoms with Gasteiger partial charge in [-0.1, -0.05) is 30.2 Å². The number of alkyl halides is 3. The van der Waals surface area contributed by atoms with Crippen LogP contribution >= 0.6 is 10.3 Å². The molecule has 124 valence electrons. The highest BCUT2D eigenvalue weighted by atomic mass is 32.3. The Bertz CT molecular complexity index is 514. The normalized spacial score (nSPS) is 30.6. The van der Waals surface area contributed by atoms with Gasteiger partial charge in [-0.25, -0.2) is 3.63 Å². The summed E-state index contributed by atoms with van der Waals surface area (Å²) in [6.45, 7) is 6.68. The van der Waals surface area contributed by atoms with E-state index in [0.717, 1.165) is 0 Å². The van der Waals surface area contributed by atoms with Crippen molar-refractivity contribution in [2.45, 2.75) is 24.6 Å². The highest BCUT2D eigenvalue weighted by molar-refractivity contribution is 8.34. The third-order valence-corrected chi connectivity index (χ3v) is 8.65. The average Bonchev–Trinajstić information content (AvgIpc) is 2.25. The maximum Gasteiger partial charge on any atom is 0.523 e. The van der Waals surface area contributed by atoms with Crippen LogP contribution < -0.4 is 0 Å². The number of halogens is 3. The van der Waals surface area contributed by atoms with Crippen molar-refractivity contribution < 1.29 is 34.7 Å². The first kappa shape index (κ1) is 18.3. The molecule has 2 atom stereocenters. The number of ether oxygens (including phenoxy) is 1. The molecule has 1 aliphatic rings. The summed E-state index contributed by atoms with van der Waals surface area (Å²) in [4.78, 5) is 11.5. The fourth-order valence-electron chi connectivity index (χ4n) is 2.04. The Morgan fingerprint density at radius 3 is 2.52 bits per heavy atom. The molecule has 2 unspecified atom stereocenters. The van der Waals surface area contributed by atoms with Gasteiger partial charge in [0.1, 0.15) is 6.61 Å². The maximum absolute atomic E-state index is 12.6. The molecule has 0 radical (unpaired) electrons. The molecule has 1 rings (SSSR count). The lowest BCUT2D eigenvalue weighted by Gasteiger charge is -2.47. The second kappa shape index (κ2) is 6.17. The zero-order chi connectivity index (χ0) is 16.5. The van der Waals surface area contributed by atoms with E-state index in [4.69, 9.17) is 4.74 Å². The van der Waals surface area contributed by atoms with E-state index >= 15 is 0 Å². The molecule has 0 aromatic rings. The van der Waals surface area contributed by atoms with Gasteiger partial charge in [0.2, 0.25) is 0 Å². The van der Waals surface area contributed by atoms with E-state index in [1.807, 2.05) is 0 Å². The van der Waals surface area contributed by atoms with E-state index < -0.39 is 42.9 Å². The van der Waals surface area contributed by atoms with Crippen molar-refractivity contribution in [3.8, 4) is 0 Å². The highest BCUT2D eigenvalue weighted by Crippen LogP contribution is 2.60. The molecule has 1 heterocycles. The monoisotopic (exact) mass is 350 g/mol. The molecule has 0 amide bonds. The van der Waals surface area contributed by atoms with Gasteiger partial charge < -0.3 is 4.74 Å². The van der Waals surface area contributed by atoms with Gasteiger partial charge in [0, 0.05) is 11.0 Å². The predicted molar refractivity (Wildman–Crippen MR) is 73.2 cm³/mol. The second-order valence-electron chi connectivity index (χ2n) is 4.90. The Morgan fingerprint density at radius 2 is 2.10 bits per heavy atom. The van der Waals surface area contributed by atoms with Crippen LogP contribution in [0.25, 0.3) is 0 Å². The fraction of sp³-hybridized carbons (Fsp3) is 0.727. The van der Waals surface area contributed by atoms with Gasteiger partial charge in [0.15, 0.2) is 0 Å². The molecule has 21 heavy (non-hydrogen) atoms. The van der Waals surface area contributed by atoms with Crippen molar-refractivity contribution in [3.05, 3.63) is 12.7 Å². The molecule has 5 nitrogen and oxygen atoms in total. The number of carbonyl (C=O) groups is 1. The standard InChI is InChI=1S/C11H17F3O5S2/c1-4-5-20(19-21(16,17)11(12,13)14)7-10(15)18-6-9(20)8(2)3/h4,8-9H,1,5-7H2,2-3H3. The lowest BCUT2D eigenvalue weighted by molar-refractivity contribution is -0.141. The quantitative estimate of drug-likeness (QED) is 0.432. The number of rotatable bonds is 5. The van der Waals surface area contributed by atoms with E-state index in [1.165, 1.54) is 6.08 Å². The molecule has 0 saturated carbocycles. The molecular weight excluding hydrogens is 333 g/mol. The van der Waals surface area contributed by atoms with E-state index in [-0.39, 0.29) is 18.3 Å². The van der Waals surface area contributed by atoms with Crippen molar-refractivity contribution in [2.75, 3.05) is 18.1 Å². The van der Waals surface area contributed by atoms with E-state index in [2.05, 4.69) is 10.2 Å². The zero-order valence-corrected chi connectivity index (χ0v) is 13.2. The lowest BCUT2D eigenvalue weighted by atomic mass is 10.1. The maximum atomic E-state index is 12.6. The summed E-state index contributed by atoms with van der Waals surface area (Å²) in [6.07, 6.45) is 1.27. The van der Waals surface area contributed by atoms with Crippen molar-refractivity contribution in [3.63, 3.8) is 0 Å². The number of hydrogen-bond donors (Lipinski definition) is 0.